The zero-order chi connectivity index (χ0) is 19.3. The van der Waals surface area contributed by atoms with Crippen molar-refractivity contribution in [2.45, 2.75) is 42.6 Å². The highest BCUT2D eigenvalue weighted by Crippen LogP contribution is 2.32. The number of hydrogen-bond donors (Lipinski definition) is 1. The van der Waals surface area contributed by atoms with Gasteiger partial charge in [0, 0.05) is 21.6 Å². The van der Waals surface area contributed by atoms with Crippen LogP contribution in [0, 0.1) is 0 Å². The molecule has 25 heavy (non-hydrogen) atoms. The Morgan fingerprint density at radius 2 is 1.80 bits per heavy atom. The van der Waals surface area contributed by atoms with Crippen molar-refractivity contribution in [3.05, 3.63) is 29.8 Å². The maximum absolute atomic E-state index is 12.5. The number of ether oxygens (including phenoxy) is 2. The van der Waals surface area contributed by atoms with Crippen molar-refractivity contribution in [1.82, 2.24) is 5.32 Å². The first kappa shape index (κ1) is 22.2. The third kappa shape index (κ3) is 8.42. The number of hydrogen-bond acceptors (Lipinski definition) is 4. The molecule has 0 aliphatic carbocycles. The molecule has 5 nitrogen and oxygen atoms in total. The van der Waals surface area contributed by atoms with Crippen LogP contribution in [0.25, 0.3) is 0 Å². The zero-order valence-corrected chi connectivity index (χ0v) is 17.8. The molecule has 1 aromatic rings. The fraction of sp³-hybridized carbons (Fsp3) is 0.500. The van der Waals surface area contributed by atoms with E-state index in [0.717, 1.165) is 6.04 Å². The normalized spacial score (nSPS) is 13.2. The lowest BCUT2D eigenvalue weighted by atomic mass is 10.2. The first-order chi connectivity index (χ1) is 11.4. The van der Waals surface area contributed by atoms with Gasteiger partial charge in [0.2, 0.25) is 3.79 Å². The van der Waals surface area contributed by atoms with Gasteiger partial charge in [0.05, 0.1) is 5.56 Å². The minimum Gasteiger partial charge on any atom is -0.426 e. The summed E-state index contributed by atoms with van der Waals surface area (Å²) in [6, 6.07) is 7.15. The van der Waals surface area contributed by atoms with Gasteiger partial charge < -0.3 is 14.8 Å². The van der Waals surface area contributed by atoms with Gasteiger partial charge in [0.1, 0.15) is 5.75 Å². The van der Waals surface area contributed by atoms with E-state index < -0.39 is 30.0 Å². The molecule has 0 saturated heterocycles. The summed E-state index contributed by atoms with van der Waals surface area (Å²) in [5.41, 5.74) is 0.144. The Labute approximate surface area is 163 Å². The number of carbonyl (C=O) groups excluding carboxylic acids is 2. The average molecular weight is 427 g/mol. The van der Waals surface area contributed by atoms with Gasteiger partial charge in [-0.05, 0) is 18.2 Å². The van der Waals surface area contributed by atoms with Crippen LogP contribution >= 0.6 is 34.8 Å². The van der Waals surface area contributed by atoms with Gasteiger partial charge in [-0.25, -0.2) is 0 Å². The molecule has 0 radical (unpaired) electrons. The summed E-state index contributed by atoms with van der Waals surface area (Å²) in [6.45, 7) is 8.18. The third-order valence-corrected chi connectivity index (χ3v) is 5.38. The molecule has 0 bridgehead atoms. The fourth-order valence-corrected chi connectivity index (χ4v) is 2.88. The Balaban J connectivity index is 2.87. The molecule has 0 aromatic heterocycles. The molecule has 1 aromatic carbocycles. The fourth-order valence-electron chi connectivity index (χ4n) is 1.80. The Morgan fingerprint density at radius 3 is 2.32 bits per heavy atom. The maximum atomic E-state index is 12.5. The van der Waals surface area contributed by atoms with Crippen LogP contribution in [0.2, 0.25) is 25.7 Å². The zero-order valence-electron chi connectivity index (χ0n) is 14.6. The number of nitrogens with one attached hydrogen (secondary N) is 1. The second-order valence-electron chi connectivity index (χ2n) is 6.67. The third-order valence-electron chi connectivity index (χ3n) is 3.08. The molecule has 9 heteroatoms. The molecule has 1 atom stereocenters. The monoisotopic (exact) mass is 425 g/mol. The van der Waals surface area contributed by atoms with Crippen LogP contribution in [0.5, 0.6) is 5.75 Å². The number of para-hydroxylation sites is 1. The van der Waals surface area contributed by atoms with Gasteiger partial charge in [-0.3, -0.25) is 9.59 Å². The molecular weight excluding hydrogens is 405 g/mol. The van der Waals surface area contributed by atoms with Crippen LogP contribution in [0.3, 0.4) is 0 Å². The van der Waals surface area contributed by atoms with E-state index in [1.54, 1.807) is 12.1 Å². The van der Waals surface area contributed by atoms with Crippen molar-refractivity contribution < 1.29 is 19.1 Å². The molecule has 1 rings (SSSR count). The van der Waals surface area contributed by atoms with Crippen molar-refractivity contribution in [3.63, 3.8) is 0 Å². The van der Waals surface area contributed by atoms with E-state index in [0.29, 0.717) is 6.61 Å². The second kappa shape index (κ2) is 9.23. The van der Waals surface area contributed by atoms with E-state index in [-0.39, 0.29) is 11.3 Å². The molecular formula is C16H22Cl3NO4Si. The number of benzene rings is 1. The van der Waals surface area contributed by atoms with Gasteiger partial charge in [0.25, 0.3) is 5.91 Å². The molecule has 0 aliphatic rings. The molecule has 0 aliphatic heterocycles. The van der Waals surface area contributed by atoms with Gasteiger partial charge in [0.15, 0.2) is 6.23 Å². The van der Waals surface area contributed by atoms with Crippen molar-refractivity contribution in [2.24, 2.45) is 0 Å². The van der Waals surface area contributed by atoms with E-state index in [2.05, 4.69) is 25.0 Å². The number of halogens is 3. The minimum atomic E-state index is -1.84. The largest absolute Gasteiger partial charge is 0.426 e. The Hall–Kier alpha value is -0.793. The maximum Gasteiger partial charge on any atom is 0.308 e. The highest BCUT2D eigenvalue weighted by atomic mass is 35.6. The SMILES string of the molecule is CC(=O)Oc1ccccc1C(=O)NC(OCC[Si](C)(C)C)C(Cl)(Cl)Cl. The van der Waals surface area contributed by atoms with Crippen LogP contribution < -0.4 is 10.1 Å². The molecule has 140 valence electrons. The predicted octanol–water partition coefficient (Wildman–Crippen LogP) is 4.39. The average Bonchev–Trinajstić information content (AvgIpc) is 2.43. The standard InChI is InChI=1S/C16H22Cl3NO4Si/c1-11(21)24-13-8-6-5-7-12(13)14(22)20-15(16(17,18)19)23-9-10-25(2,3)4/h5-8,15H,9-10H2,1-4H3,(H,20,22). The summed E-state index contributed by atoms with van der Waals surface area (Å²) >= 11 is 17.8. The Kier molecular flexibility index (Phi) is 8.22. The number of amides is 1. The smallest absolute Gasteiger partial charge is 0.308 e. The lowest BCUT2D eigenvalue weighted by Crippen LogP contribution is -2.46. The molecule has 0 spiro atoms. The summed E-state index contributed by atoms with van der Waals surface area (Å²) in [5, 5.41) is 2.54. The number of carbonyl (C=O) groups is 2. The van der Waals surface area contributed by atoms with Crippen molar-refractivity contribution in [1.29, 1.82) is 0 Å². The second-order valence-corrected chi connectivity index (χ2v) is 14.7. The van der Waals surface area contributed by atoms with Crippen molar-refractivity contribution >= 4 is 54.8 Å². The van der Waals surface area contributed by atoms with Crippen LogP contribution in [0.4, 0.5) is 0 Å². The number of alkyl halides is 3. The Morgan fingerprint density at radius 1 is 1.20 bits per heavy atom. The molecule has 1 unspecified atom stereocenters. The van der Waals surface area contributed by atoms with Crippen LogP contribution in [-0.4, -0.2) is 36.6 Å². The van der Waals surface area contributed by atoms with Crippen molar-refractivity contribution in [2.75, 3.05) is 6.61 Å². The molecule has 1 amide bonds. The van der Waals surface area contributed by atoms with Crippen molar-refractivity contribution in [3.8, 4) is 5.75 Å². The first-order valence-electron chi connectivity index (χ1n) is 7.67. The predicted molar refractivity (Wildman–Crippen MR) is 103 cm³/mol. The van der Waals surface area contributed by atoms with Gasteiger partial charge >= 0.3 is 5.97 Å². The molecule has 0 saturated carbocycles. The lowest BCUT2D eigenvalue weighted by Gasteiger charge is -2.27. The van der Waals surface area contributed by atoms with E-state index in [1.165, 1.54) is 19.1 Å². The van der Waals surface area contributed by atoms with Gasteiger partial charge in [-0.1, -0.05) is 66.6 Å². The first-order valence-corrected chi connectivity index (χ1v) is 12.5. The molecule has 0 fully saturated rings. The van der Waals surface area contributed by atoms with Gasteiger partial charge in [-0.15, -0.1) is 0 Å². The summed E-state index contributed by atoms with van der Waals surface area (Å²) in [7, 11) is -1.34. The highest BCUT2D eigenvalue weighted by molar-refractivity contribution is 6.76. The van der Waals surface area contributed by atoms with Crippen LogP contribution in [-0.2, 0) is 9.53 Å². The lowest BCUT2D eigenvalue weighted by molar-refractivity contribution is -0.131. The number of rotatable bonds is 7. The summed E-state index contributed by atoms with van der Waals surface area (Å²) in [4.78, 5) is 23.7. The molecule has 1 N–H and O–H groups in total. The summed E-state index contributed by atoms with van der Waals surface area (Å²) < 4.78 is 8.78. The van der Waals surface area contributed by atoms with E-state index >= 15 is 0 Å². The van der Waals surface area contributed by atoms with E-state index in [1.807, 2.05) is 0 Å². The summed E-state index contributed by atoms with van der Waals surface area (Å²) in [6.07, 6.45) is -1.13. The topological polar surface area (TPSA) is 64.6 Å². The Bertz CT molecular complexity index is 614. The quantitative estimate of drug-likeness (QED) is 0.231. The summed E-state index contributed by atoms with van der Waals surface area (Å²) in [5.74, 6) is -0.983. The van der Waals surface area contributed by atoms with E-state index in [9.17, 15) is 9.59 Å². The van der Waals surface area contributed by atoms with Crippen LogP contribution in [0.15, 0.2) is 24.3 Å². The number of esters is 1. The van der Waals surface area contributed by atoms with Crippen LogP contribution in [0.1, 0.15) is 17.3 Å². The van der Waals surface area contributed by atoms with E-state index in [4.69, 9.17) is 44.3 Å². The van der Waals surface area contributed by atoms with Gasteiger partial charge in [-0.2, -0.15) is 0 Å². The minimum absolute atomic E-state index is 0.123. The highest BCUT2D eigenvalue weighted by Gasteiger charge is 2.36. The molecule has 0 heterocycles.